The smallest absolute Gasteiger partial charge is 0.175 e. The number of sulfone groups is 1. The molecule has 0 aromatic carbocycles. The topological polar surface area (TPSA) is 61.8 Å². The third kappa shape index (κ3) is 3.48. The van der Waals surface area contributed by atoms with E-state index in [1.807, 2.05) is 17.6 Å². The summed E-state index contributed by atoms with van der Waals surface area (Å²) in [6.45, 7) is 2.43. The maximum atomic E-state index is 11.2. The Kier molecular flexibility index (Phi) is 3.80. The number of aromatic nitrogens is 1. The molecule has 0 unspecified atom stereocenters. The van der Waals surface area contributed by atoms with Gasteiger partial charge in [-0.25, -0.2) is 13.0 Å². The van der Waals surface area contributed by atoms with Crippen molar-refractivity contribution in [3.8, 4) is 6.07 Å². The second-order valence-electron chi connectivity index (χ2n) is 3.60. The Morgan fingerprint density at radius 2 is 2.06 bits per heavy atom. The van der Waals surface area contributed by atoms with Gasteiger partial charge in [0, 0.05) is 30.0 Å². The van der Waals surface area contributed by atoms with Gasteiger partial charge in [0.2, 0.25) is 0 Å². The minimum atomic E-state index is -3.14. The molecular formula is C11H13N2O2S+. The van der Waals surface area contributed by atoms with Gasteiger partial charge >= 0.3 is 0 Å². The molecule has 1 aromatic rings. The van der Waals surface area contributed by atoms with Crippen LogP contribution in [0, 0.1) is 11.3 Å². The summed E-state index contributed by atoms with van der Waals surface area (Å²) in [7, 11) is -3.14. The SMILES string of the molecule is CC(=CC#N)C[n+]1ccc(S(C)(=O)=O)cc1. The molecule has 0 aliphatic rings. The summed E-state index contributed by atoms with van der Waals surface area (Å²) < 4.78 is 24.2. The van der Waals surface area contributed by atoms with E-state index in [9.17, 15) is 8.42 Å². The molecule has 84 valence electrons. The van der Waals surface area contributed by atoms with E-state index in [4.69, 9.17) is 5.26 Å². The first-order valence-electron chi connectivity index (χ1n) is 4.68. The fraction of sp³-hybridized carbons (Fsp3) is 0.273. The Bertz CT molecular complexity index is 536. The van der Waals surface area contributed by atoms with Gasteiger partial charge < -0.3 is 0 Å². The molecule has 0 radical (unpaired) electrons. The summed E-state index contributed by atoms with van der Waals surface area (Å²) in [6.07, 6.45) is 6.02. The summed E-state index contributed by atoms with van der Waals surface area (Å²) >= 11 is 0. The molecular weight excluding hydrogens is 224 g/mol. The van der Waals surface area contributed by atoms with E-state index >= 15 is 0 Å². The molecule has 0 fully saturated rings. The van der Waals surface area contributed by atoms with Crippen LogP contribution in [0.2, 0.25) is 0 Å². The van der Waals surface area contributed by atoms with Crippen molar-refractivity contribution < 1.29 is 13.0 Å². The number of hydrogen-bond donors (Lipinski definition) is 0. The van der Waals surface area contributed by atoms with E-state index < -0.39 is 9.84 Å². The maximum absolute atomic E-state index is 11.2. The summed E-state index contributed by atoms with van der Waals surface area (Å²) in [5.41, 5.74) is 0.916. The summed E-state index contributed by atoms with van der Waals surface area (Å²) in [4.78, 5) is 0.297. The number of rotatable bonds is 3. The first-order valence-corrected chi connectivity index (χ1v) is 6.57. The second-order valence-corrected chi connectivity index (χ2v) is 5.61. The molecule has 0 saturated carbocycles. The predicted octanol–water partition coefficient (Wildman–Crippen LogP) is 0.847. The minimum absolute atomic E-state index is 0.297. The maximum Gasteiger partial charge on any atom is 0.175 e. The zero-order valence-corrected chi connectivity index (χ0v) is 10.0. The van der Waals surface area contributed by atoms with Crippen molar-refractivity contribution in [1.29, 1.82) is 5.26 Å². The van der Waals surface area contributed by atoms with Crippen molar-refractivity contribution in [1.82, 2.24) is 0 Å². The highest BCUT2D eigenvalue weighted by atomic mass is 32.2. The average molecular weight is 237 g/mol. The van der Waals surface area contributed by atoms with E-state index in [-0.39, 0.29) is 0 Å². The Morgan fingerprint density at radius 1 is 1.50 bits per heavy atom. The Balaban J connectivity index is 2.89. The molecule has 0 aliphatic heterocycles. The third-order valence-corrected chi connectivity index (χ3v) is 3.16. The Labute approximate surface area is 95.4 Å². The van der Waals surface area contributed by atoms with Crippen LogP contribution < -0.4 is 4.57 Å². The molecule has 4 nitrogen and oxygen atoms in total. The zero-order valence-electron chi connectivity index (χ0n) is 9.21. The van der Waals surface area contributed by atoms with Crippen molar-refractivity contribution in [2.24, 2.45) is 0 Å². The third-order valence-electron chi connectivity index (χ3n) is 2.03. The van der Waals surface area contributed by atoms with Gasteiger partial charge in [0.25, 0.3) is 0 Å². The first-order chi connectivity index (χ1) is 7.43. The predicted molar refractivity (Wildman–Crippen MR) is 59.1 cm³/mol. The van der Waals surface area contributed by atoms with Crippen LogP contribution in [0.3, 0.4) is 0 Å². The molecule has 0 saturated heterocycles. The van der Waals surface area contributed by atoms with Crippen LogP contribution in [0.1, 0.15) is 6.92 Å². The van der Waals surface area contributed by atoms with Gasteiger partial charge in [0.1, 0.15) is 0 Å². The van der Waals surface area contributed by atoms with Crippen molar-refractivity contribution in [2.75, 3.05) is 6.26 Å². The van der Waals surface area contributed by atoms with Crippen LogP contribution in [0.25, 0.3) is 0 Å². The zero-order chi connectivity index (χ0) is 12.2. The summed E-state index contributed by atoms with van der Waals surface area (Å²) in [5.74, 6) is 0. The van der Waals surface area contributed by atoms with Crippen LogP contribution in [-0.4, -0.2) is 14.7 Å². The number of hydrogen-bond acceptors (Lipinski definition) is 3. The molecule has 0 spiro atoms. The van der Waals surface area contributed by atoms with Gasteiger partial charge in [-0.2, -0.15) is 5.26 Å². The lowest BCUT2D eigenvalue weighted by atomic mass is 10.3. The van der Waals surface area contributed by atoms with Gasteiger partial charge in [0.15, 0.2) is 28.8 Å². The van der Waals surface area contributed by atoms with Crippen LogP contribution in [-0.2, 0) is 16.4 Å². The molecule has 0 bridgehead atoms. The monoisotopic (exact) mass is 237 g/mol. The van der Waals surface area contributed by atoms with Crippen molar-refractivity contribution >= 4 is 9.84 Å². The van der Waals surface area contributed by atoms with Crippen LogP contribution in [0.15, 0.2) is 41.1 Å². The summed E-state index contributed by atoms with van der Waals surface area (Å²) in [5, 5.41) is 8.45. The van der Waals surface area contributed by atoms with E-state index in [0.29, 0.717) is 11.4 Å². The highest BCUT2D eigenvalue weighted by Crippen LogP contribution is 2.04. The lowest BCUT2D eigenvalue weighted by Gasteiger charge is -1.98. The van der Waals surface area contributed by atoms with Crippen molar-refractivity contribution in [3.63, 3.8) is 0 Å². The molecule has 0 amide bonds. The molecule has 1 rings (SSSR count). The van der Waals surface area contributed by atoms with Gasteiger partial charge in [-0.1, -0.05) is 0 Å². The highest BCUT2D eigenvalue weighted by Gasteiger charge is 2.09. The number of pyridine rings is 1. The lowest BCUT2D eigenvalue weighted by Crippen LogP contribution is -2.33. The molecule has 1 aromatic heterocycles. The normalized spacial score (nSPS) is 12.2. The number of nitriles is 1. The van der Waals surface area contributed by atoms with Gasteiger partial charge in [0.05, 0.1) is 11.0 Å². The Hall–Kier alpha value is -1.67. The lowest BCUT2D eigenvalue weighted by molar-refractivity contribution is -0.689. The molecule has 0 atom stereocenters. The van der Waals surface area contributed by atoms with Crippen LogP contribution in [0.4, 0.5) is 0 Å². The molecule has 1 heterocycles. The van der Waals surface area contributed by atoms with Crippen molar-refractivity contribution in [2.45, 2.75) is 18.4 Å². The average Bonchev–Trinajstić information content (AvgIpc) is 2.17. The molecule has 5 heteroatoms. The molecule has 0 aliphatic carbocycles. The molecule has 0 N–H and O–H groups in total. The molecule has 16 heavy (non-hydrogen) atoms. The van der Waals surface area contributed by atoms with E-state index in [0.717, 1.165) is 5.57 Å². The van der Waals surface area contributed by atoms with Gasteiger partial charge in [-0.15, -0.1) is 0 Å². The minimum Gasteiger partial charge on any atom is -0.224 e. The van der Waals surface area contributed by atoms with E-state index in [1.165, 1.54) is 12.3 Å². The highest BCUT2D eigenvalue weighted by molar-refractivity contribution is 7.90. The van der Waals surface area contributed by atoms with Gasteiger partial charge in [-0.05, 0) is 6.92 Å². The number of allylic oxidation sites excluding steroid dienone is 2. The quantitative estimate of drug-likeness (QED) is 0.578. The van der Waals surface area contributed by atoms with Crippen LogP contribution >= 0.6 is 0 Å². The van der Waals surface area contributed by atoms with Crippen LogP contribution in [0.5, 0.6) is 0 Å². The fourth-order valence-corrected chi connectivity index (χ4v) is 1.86. The van der Waals surface area contributed by atoms with Crippen molar-refractivity contribution in [3.05, 3.63) is 36.2 Å². The van der Waals surface area contributed by atoms with E-state index in [2.05, 4.69) is 0 Å². The van der Waals surface area contributed by atoms with E-state index in [1.54, 1.807) is 24.5 Å². The largest absolute Gasteiger partial charge is 0.224 e. The number of nitrogens with zero attached hydrogens (tertiary/aromatic N) is 2. The van der Waals surface area contributed by atoms with Gasteiger partial charge in [-0.3, -0.25) is 0 Å². The fourth-order valence-electron chi connectivity index (χ4n) is 1.24. The standard InChI is InChI=1S/C11H13N2O2S/c1-10(3-6-12)9-13-7-4-11(5-8-13)16(2,14)15/h3-5,7-8H,9H2,1-2H3/q+1. The second kappa shape index (κ2) is 4.90. The summed E-state index contributed by atoms with van der Waals surface area (Å²) in [6, 6.07) is 5.05. The first kappa shape index (κ1) is 12.4. The Morgan fingerprint density at radius 3 is 2.50 bits per heavy atom.